The maximum absolute atomic E-state index is 5.52. The molecule has 2 aliphatic rings. The van der Waals surface area contributed by atoms with Crippen LogP contribution in [0.1, 0.15) is 45.4 Å². The summed E-state index contributed by atoms with van der Waals surface area (Å²) in [6.07, 6.45) is 14.3. The summed E-state index contributed by atoms with van der Waals surface area (Å²) in [6.45, 7) is 2.24. The van der Waals surface area contributed by atoms with Crippen molar-refractivity contribution < 1.29 is 0 Å². The summed E-state index contributed by atoms with van der Waals surface area (Å²) in [6, 6.07) is 0. The van der Waals surface area contributed by atoms with Gasteiger partial charge in [-0.05, 0) is 37.0 Å². The maximum atomic E-state index is 5.52. The zero-order valence-corrected chi connectivity index (χ0v) is 8.63. The smallest absolute Gasteiger partial charge is 0.0202 e. The highest BCUT2D eigenvalue weighted by atomic mass is 14.4. The van der Waals surface area contributed by atoms with Crippen LogP contribution in [0.25, 0.3) is 0 Å². The van der Waals surface area contributed by atoms with Crippen molar-refractivity contribution in [2.75, 3.05) is 0 Å². The second kappa shape index (κ2) is 3.74. The molecule has 0 aromatic carbocycles. The third-order valence-corrected chi connectivity index (χ3v) is 4.29. The first-order valence-electron chi connectivity index (χ1n) is 5.79. The van der Waals surface area contributed by atoms with Crippen molar-refractivity contribution in [2.45, 2.75) is 45.4 Å². The van der Waals surface area contributed by atoms with E-state index in [0.717, 1.165) is 17.8 Å². The lowest BCUT2D eigenvalue weighted by atomic mass is 9.74. The van der Waals surface area contributed by atoms with Gasteiger partial charge < -0.3 is 0 Å². The summed E-state index contributed by atoms with van der Waals surface area (Å²) in [5.41, 5.74) is 0. The van der Waals surface area contributed by atoms with E-state index in [1.807, 2.05) is 0 Å². The van der Waals surface area contributed by atoms with Gasteiger partial charge in [-0.2, -0.15) is 0 Å². The Hall–Kier alpha value is -0.440. The van der Waals surface area contributed by atoms with E-state index in [1.54, 1.807) is 0 Å². The van der Waals surface area contributed by atoms with Crippen molar-refractivity contribution in [1.29, 1.82) is 0 Å². The van der Waals surface area contributed by atoms with Crippen LogP contribution in [0, 0.1) is 36.0 Å². The molecular weight excluding hydrogens is 156 g/mol. The fourth-order valence-corrected chi connectivity index (χ4v) is 3.52. The lowest BCUT2D eigenvalue weighted by molar-refractivity contribution is 0.206. The van der Waals surface area contributed by atoms with Gasteiger partial charge in [0.1, 0.15) is 0 Å². The van der Waals surface area contributed by atoms with Crippen molar-refractivity contribution in [1.82, 2.24) is 0 Å². The quantitative estimate of drug-likeness (QED) is 0.537. The van der Waals surface area contributed by atoms with Gasteiger partial charge in [-0.15, -0.1) is 12.3 Å². The lowest BCUT2D eigenvalue weighted by Crippen LogP contribution is -2.22. The highest BCUT2D eigenvalue weighted by Crippen LogP contribution is 2.48. The summed E-state index contributed by atoms with van der Waals surface area (Å²) < 4.78 is 0. The van der Waals surface area contributed by atoms with Crippen LogP contribution in [0.2, 0.25) is 0 Å². The molecule has 0 heterocycles. The van der Waals surface area contributed by atoms with Crippen LogP contribution in [0.3, 0.4) is 0 Å². The summed E-state index contributed by atoms with van der Waals surface area (Å²) in [4.78, 5) is 0. The van der Waals surface area contributed by atoms with E-state index in [4.69, 9.17) is 6.42 Å². The molecule has 0 aliphatic heterocycles. The molecule has 0 aromatic heterocycles. The minimum atomic E-state index is 0.521. The van der Waals surface area contributed by atoms with Gasteiger partial charge in [0.2, 0.25) is 0 Å². The first-order chi connectivity index (χ1) is 6.33. The molecule has 0 nitrogen and oxygen atoms in total. The largest absolute Gasteiger partial charge is 0.120 e. The minimum Gasteiger partial charge on any atom is -0.120 e. The summed E-state index contributed by atoms with van der Waals surface area (Å²) in [7, 11) is 0. The summed E-state index contributed by atoms with van der Waals surface area (Å²) in [5, 5.41) is 0. The molecule has 2 fully saturated rings. The average Bonchev–Trinajstić information content (AvgIpc) is 2.60. The highest BCUT2D eigenvalue weighted by Gasteiger charge is 2.39. The normalized spacial score (nSPS) is 40.8. The average molecular weight is 176 g/mol. The molecule has 72 valence electrons. The van der Waals surface area contributed by atoms with Gasteiger partial charge in [0.25, 0.3) is 0 Å². The van der Waals surface area contributed by atoms with Crippen LogP contribution in [0.4, 0.5) is 0 Å². The maximum Gasteiger partial charge on any atom is 0.0202 e. The lowest BCUT2D eigenvalue weighted by Gasteiger charge is -2.30. The Balaban J connectivity index is 2.03. The van der Waals surface area contributed by atoms with Gasteiger partial charge in [-0.3, -0.25) is 0 Å². The molecule has 2 rings (SSSR count). The van der Waals surface area contributed by atoms with Crippen LogP contribution < -0.4 is 0 Å². The van der Waals surface area contributed by atoms with Crippen LogP contribution in [-0.2, 0) is 0 Å². The van der Waals surface area contributed by atoms with Gasteiger partial charge >= 0.3 is 0 Å². The van der Waals surface area contributed by atoms with Crippen LogP contribution in [0.5, 0.6) is 0 Å². The molecule has 0 N–H and O–H groups in total. The van der Waals surface area contributed by atoms with Crippen molar-refractivity contribution in [3.8, 4) is 12.3 Å². The van der Waals surface area contributed by atoms with Crippen molar-refractivity contribution in [2.24, 2.45) is 23.7 Å². The van der Waals surface area contributed by atoms with Crippen LogP contribution >= 0.6 is 0 Å². The standard InChI is InChI=1S/C13H20/c1-3-10(2)12-9-8-11-6-4-5-7-13(11)12/h1,10-13H,4-9H2,2H3/t10-,11?,12?,13?/m0/s1. The van der Waals surface area contributed by atoms with Crippen molar-refractivity contribution >= 4 is 0 Å². The highest BCUT2D eigenvalue weighted by molar-refractivity contribution is 5.00. The van der Waals surface area contributed by atoms with Gasteiger partial charge in [-0.25, -0.2) is 0 Å². The molecule has 0 bridgehead atoms. The fourth-order valence-electron chi connectivity index (χ4n) is 3.52. The Kier molecular flexibility index (Phi) is 2.63. The van der Waals surface area contributed by atoms with Crippen molar-refractivity contribution in [3.63, 3.8) is 0 Å². The zero-order chi connectivity index (χ0) is 9.26. The minimum absolute atomic E-state index is 0.521. The SMILES string of the molecule is C#C[C@H](C)C1CCC2CCCCC21. The van der Waals surface area contributed by atoms with E-state index in [2.05, 4.69) is 12.8 Å². The topological polar surface area (TPSA) is 0 Å². The first-order valence-corrected chi connectivity index (χ1v) is 5.79. The number of terminal acetylenes is 1. The Morgan fingerprint density at radius 1 is 1.15 bits per heavy atom. The molecule has 2 aliphatic carbocycles. The Morgan fingerprint density at radius 2 is 1.92 bits per heavy atom. The Bertz CT molecular complexity index is 211. The molecule has 0 amide bonds. The first kappa shape index (κ1) is 9.13. The molecular formula is C13H20. The molecule has 0 radical (unpaired) electrons. The van der Waals surface area contributed by atoms with Gasteiger partial charge in [0.15, 0.2) is 0 Å². The number of fused-ring (bicyclic) bond motifs is 1. The zero-order valence-electron chi connectivity index (χ0n) is 8.63. The predicted octanol–water partition coefficient (Wildman–Crippen LogP) is 3.47. The molecule has 2 saturated carbocycles. The second-order valence-corrected chi connectivity index (χ2v) is 4.90. The van der Waals surface area contributed by atoms with Crippen LogP contribution in [0.15, 0.2) is 0 Å². The molecule has 4 atom stereocenters. The predicted molar refractivity (Wildman–Crippen MR) is 56.2 cm³/mol. The number of rotatable bonds is 1. The molecule has 0 aromatic rings. The van der Waals surface area contributed by atoms with Gasteiger partial charge in [0.05, 0.1) is 0 Å². The van der Waals surface area contributed by atoms with Gasteiger partial charge in [0, 0.05) is 5.92 Å². The van der Waals surface area contributed by atoms with Crippen molar-refractivity contribution in [3.05, 3.63) is 0 Å². The molecule has 0 spiro atoms. The van der Waals surface area contributed by atoms with Crippen LogP contribution in [-0.4, -0.2) is 0 Å². The summed E-state index contributed by atoms with van der Waals surface area (Å²) in [5.74, 6) is 6.34. The molecule has 3 unspecified atom stereocenters. The van der Waals surface area contributed by atoms with E-state index in [0.29, 0.717) is 5.92 Å². The number of hydrogen-bond donors (Lipinski definition) is 0. The summed E-state index contributed by atoms with van der Waals surface area (Å²) >= 11 is 0. The Labute approximate surface area is 82.1 Å². The fraction of sp³-hybridized carbons (Fsp3) is 0.846. The molecule has 0 heteroatoms. The Morgan fingerprint density at radius 3 is 2.69 bits per heavy atom. The van der Waals surface area contributed by atoms with E-state index < -0.39 is 0 Å². The van der Waals surface area contributed by atoms with E-state index >= 15 is 0 Å². The van der Waals surface area contributed by atoms with E-state index in [9.17, 15) is 0 Å². The third-order valence-electron chi connectivity index (χ3n) is 4.29. The monoisotopic (exact) mass is 176 g/mol. The second-order valence-electron chi connectivity index (χ2n) is 4.90. The van der Waals surface area contributed by atoms with E-state index in [-0.39, 0.29) is 0 Å². The third kappa shape index (κ3) is 1.62. The van der Waals surface area contributed by atoms with E-state index in [1.165, 1.54) is 38.5 Å². The van der Waals surface area contributed by atoms with Gasteiger partial charge in [-0.1, -0.05) is 26.2 Å². The molecule has 13 heavy (non-hydrogen) atoms. The number of hydrogen-bond acceptors (Lipinski definition) is 0. The molecule has 0 saturated heterocycles.